The molecule has 0 spiro atoms. The maximum absolute atomic E-state index is 13.7. The van der Waals surface area contributed by atoms with E-state index in [9.17, 15) is 19.5 Å². The normalized spacial score (nSPS) is 19.9. The van der Waals surface area contributed by atoms with Gasteiger partial charge in [-0.15, -0.1) is 0 Å². The van der Waals surface area contributed by atoms with Gasteiger partial charge in [0.05, 0.1) is 16.2 Å². The van der Waals surface area contributed by atoms with Crippen molar-refractivity contribution in [2.75, 3.05) is 23.3 Å². The summed E-state index contributed by atoms with van der Waals surface area (Å²) in [7, 11) is 0. The fourth-order valence-electron chi connectivity index (χ4n) is 5.04. The molecule has 1 aliphatic carbocycles. The molecule has 1 aromatic carbocycles. The lowest BCUT2D eigenvalue weighted by Crippen LogP contribution is -2.47. The first-order chi connectivity index (χ1) is 16.6. The van der Waals surface area contributed by atoms with Crippen LogP contribution in [-0.4, -0.2) is 40.4 Å². The lowest BCUT2D eigenvalue weighted by atomic mass is 9.75. The maximum atomic E-state index is 13.7. The molecule has 2 aliphatic rings. The lowest BCUT2D eigenvalue weighted by Gasteiger charge is -2.45. The summed E-state index contributed by atoms with van der Waals surface area (Å²) in [5, 5.41) is 13.4. The van der Waals surface area contributed by atoms with E-state index in [-0.39, 0.29) is 27.4 Å². The Balaban J connectivity index is 1.99. The van der Waals surface area contributed by atoms with Gasteiger partial charge in [0.15, 0.2) is 0 Å². The minimum atomic E-state index is -1.24. The number of carbonyl (C=O) groups is 2. The number of fused-ring (bicyclic) bond motifs is 1. The highest BCUT2D eigenvalue weighted by Crippen LogP contribution is 2.46. The second kappa shape index (κ2) is 8.98. The van der Waals surface area contributed by atoms with Crippen molar-refractivity contribution >= 4 is 46.1 Å². The number of carbonyl (C=O) groups excluding carboxylic acids is 1. The number of aromatic carboxylic acids is 1. The smallest absolute Gasteiger partial charge is 0.412 e. The SMILES string of the molecule is Cc1cc2c(=O)c(C(=O)O)c(N3CC[C@@H](C)C(C)(C)C3)n(C3CC3)c2c(Cl)c1NC(=O)OC(C)(C)C. The monoisotopic (exact) mass is 517 g/mol. The van der Waals surface area contributed by atoms with Crippen LogP contribution >= 0.6 is 11.6 Å². The van der Waals surface area contributed by atoms with Crippen LogP contribution in [0.2, 0.25) is 5.02 Å². The number of hydrogen-bond acceptors (Lipinski definition) is 5. The third-order valence-electron chi connectivity index (χ3n) is 7.42. The van der Waals surface area contributed by atoms with Gasteiger partial charge >= 0.3 is 12.1 Å². The second-order valence-electron chi connectivity index (χ2n) is 11.9. The number of piperidine rings is 1. The Kier molecular flexibility index (Phi) is 6.56. The zero-order valence-corrected chi connectivity index (χ0v) is 22.9. The highest BCUT2D eigenvalue weighted by Gasteiger charge is 2.39. The van der Waals surface area contributed by atoms with E-state index in [4.69, 9.17) is 16.3 Å². The number of nitrogens with one attached hydrogen (secondary N) is 1. The first kappa shape index (κ1) is 26.3. The van der Waals surface area contributed by atoms with Crippen LogP contribution in [0.5, 0.6) is 0 Å². The number of aryl methyl sites for hydroxylation is 1. The van der Waals surface area contributed by atoms with Crippen LogP contribution in [0.15, 0.2) is 10.9 Å². The van der Waals surface area contributed by atoms with Gasteiger partial charge in [0, 0.05) is 24.5 Å². The summed E-state index contributed by atoms with van der Waals surface area (Å²) in [4.78, 5) is 40.8. The summed E-state index contributed by atoms with van der Waals surface area (Å²) in [6, 6.07) is 1.64. The van der Waals surface area contributed by atoms with Gasteiger partial charge in [-0.05, 0) is 69.9 Å². The van der Waals surface area contributed by atoms with E-state index in [1.165, 1.54) is 0 Å². The number of nitrogens with zero attached hydrogens (tertiary/aromatic N) is 2. The van der Waals surface area contributed by atoms with E-state index in [1.807, 2.05) is 9.47 Å². The third kappa shape index (κ3) is 4.80. The van der Waals surface area contributed by atoms with E-state index >= 15 is 0 Å². The number of rotatable bonds is 4. The van der Waals surface area contributed by atoms with E-state index < -0.39 is 23.1 Å². The Morgan fingerprint density at radius 2 is 1.86 bits per heavy atom. The largest absolute Gasteiger partial charge is 0.477 e. The van der Waals surface area contributed by atoms with Crippen molar-refractivity contribution in [2.24, 2.45) is 11.3 Å². The molecular weight excluding hydrogens is 482 g/mol. The Labute approximate surface area is 216 Å². The van der Waals surface area contributed by atoms with Gasteiger partial charge < -0.3 is 19.3 Å². The second-order valence-corrected chi connectivity index (χ2v) is 12.3. The summed E-state index contributed by atoms with van der Waals surface area (Å²) in [5.74, 6) is -0.372. The number of carboxylic acid groups (broad SMARTS) is 1. The van der Waals surface area contributed by atoms with E-state index in [0.29, 0.717) is 41.6 Å². The van der Waals surface area contributed by atoms with Gasteiger partial charge in [0.2, 0.25) is 5.43 Å². The summed E-state index contributed by atoms with van der Waals surface area (Å²) in [6.45, 7) is 14.9. The van der Waals surface area contributed by atoms with Crippen LogP contribution < -0.4 is 15.6 Å². The maximum Gasteiger partial charge on any atom is 0.412 e. The molecule has 36 heavy (non-hydrogen) atoms. The minimum Gasteiger partial charge on any atom is -0.477 e. The molecule has 2 heterocycles. The van der Waals surface area contributed by atoms with Gasteiger partial charge in [0.25, 0.3) is 0 Å². The topological polar surface area (TPSA) is 101 Å². The van der Waals surface area contributed by atoms with Crippen molar-refractivity contribution in [3.63, 3.8) is 0 Å². The summed E-state index contributed by atoms with van der Waals surface area (Å²) < 4.78 is 7.36. The number of carboxylic acids is 1. The van der Waals surface area contributed by atoms with Crippen molar-refractivity contribution in [1.29, 1.82) is 0 Å². The molecule has 2 fully saturated rings. The fourth-order valence-corrected chi connectivity index (χ4v) is 5.43. The highest BCUT2D eigenvalue weighted by atomic mass is 35.5. The molecule has 8 nitrogen and oxygen atoms in total. The number of halogens is 1. The first-order valence-electron chi connectivity index (χ1n) is 12.5. The zero-order valence-electron chi connectivity index (χ0n) is 22.1. The summed E-state index contributed by atoms with van der Waals surface area (Å²) in [5.41, 5.74) is -0.175. The molecule has 0 bridgehead atoms. The molecule has 0 radical (unpaired) electrons. The molecular formula is C27H36ClN3O5. The van der Waals surface area contributed by atoms with Gasteiger partial charge in [0.1, 0.15) is 17.0 Å². The molecule has 1 atom stereocenters. The van der Waals surface area contributed by atoms with Gasteiger partial charge in [-0.25, -0.2) is 9.59 Å². The Morgan fingerprint density at radius 3 is 2.39 bits per heavy atom. The number of anilines is 2. The van der Waals surface area contributed by atoms with Crippen molar-refractivity contribution in [2.45, 2.75) is 79.4 Å². The van der Waals surface area contributed by atoms with Crippen molar-refractivity contribution in [3.8, 4) is 0 Å². The molecule has 4 rings (SSSR count). The number of aromatic nitrogens is 1. The summed E-state index contributed by atoms with van der Waals surface area (Å²) >= 11 is 6.94. The van der Waals surface area contributed by atoms with Gasteiger partial charge in [-0.1, -0.05) is 32.4 Å². The standard InChI is InChI=1S/C27H36ClN3O5/c1-14-12-17-21(19(28)20(14)29-25(35)36-26(3,4)5)31(16-8-9-16)23(18(22(17)32)24(33)34)30-11-10-15(2)27(6,7)13-30/h12,15-16H,8-11,13H2,1-7H3,(H,29,35)(H,33,34)/t15-/m1/s1. The van der Waals surface area contributed by atoms with Crippen molar-refractivity contribution in [1.82, 2.24) is 4.57 Å². The molecule has 1 saturated heterocycles. The fraction of sp³-hybridized carbons (Fsp3) is 0.593. The Morgan fingerprint density at radius 1 is 1.22 bits per heavy atom. The average Bonchev–Trinajstić information content (AvgIpc) is 3.57. The molecule has 2 aromatic rings. The molecule has 1 aliphatic heterocycles. The average molecular weight is 518 g/mol. The lowest BCUT2D eigenvalue weighted by molar-refractivity contribution is 0.0634. The third-order valence-corrected chi connectivity index (χ3v) is 7.79. The van der Waals surface area contributed by atoms with Crippen LogP contribution in [0.25, 0.3) is 10.9 Å². The van der Waals surface area contributed by atoms with Crippen LogP contribution in [0.1, 0.15) is 82.8 Å². The number of hydrogen-bond donors (Lipinski definition) is 2. The van der Waals surface area contributed by atoms with Crippen LogP contribution in [0.4, 0.5) is 16.3 Å². The quantitative estimate of drug-likeness (QED) is 0.499. The van der Waals surface area contributed by atoms with Crippen LogP contribution in [0, 0.1) is 18.3 Å². The molecule has 9 heteroatoms. The van der Waals surface area contributed by atoms with Crippen LogP contribution in [-0.2, 0) is 4.74 Å². The first-order valence-corrected chi connectivity index (χ1v) is 12.9. The molecule has 0 unspecified atom stereocenters. The predicted molar refractivity (Wildman–Crippen MR) is 143 cm³/mol. The van der Waals surface area contributed by atoms with E-state index in [0.717, 1.165) is 19.3 Å². The van der Waals surface area contributed by atoms with Gasteiger partial charge in [-0.3, -0.25) is 10.1 Å². The predicted octanol–water partition coefficient (Wildman–Crippen LogP) is 6.22. The van der Waals surface area contributed by atoms with E-state index in [2.05, 4.69) is 26.1 Å². The molecule has 1 amide bonds. The Bertz CT molecular complexity index is 1300. The molecule has 1 saturated carbocycles. The number of benzene rings is 1. The van der Waals surface area contributed by atoms with Gasteiger partial charge in [-0.2, -0.15) is 0 Å². The summed E-state index contributed by atoms with van der Waals surface area (Å²) in [6.07, 6.45) is 1.95. The molecule has 2 N–H and O–H groups in total. The van der Waals surface area contributed by atoms with Crippen molar-refractivity contribution in [3.05, 3.63) is 32.4 Å². The van der Waals surface area contributed by atoms with E-state index in [1.54, 1.807) is 33.8 Å². The number of ether oxygens (including phenoxy) is 1. The number of amides is 1. The molecule has 196 valence electrons. The minimum absolute atomic E-state index is 0.0262. The number of pyridine rings is 1. The van der Waals surface area contributed by atoms with Crippen LogP contribution in [0.3, 0.4) is 0 Å². The highest BCUT2D eigenvalue weighted by molar-refractivity contribution is 6.38. The molecule has 1 aromatic heterocycles. The zero-order chi connectivity index (χ0) is 26.7. The van der Waals surface area contributed by atoms with Crippen molar-refractivity contribution < 1.29 is 19.4 Å². The Hall–Kier alpha value is -2.74.